The standard InChI is InChI=1S/C19H28N4/c1-20-18(21-15-19(9-10-19)16-7-8-16)23-13-11-22(12-14-23)17-5-3-2-4-6-17/h2-6,16H,7-15H2,1H3,(H,20,21). The van der Waals surface area contributed by atoms with Crippen LogP contribution in [0.3, 0.4) is 0 Å². The highest BCUT2D eigenvalue weighted by molar-refractivity contribution is 5.80. The minimum atomic E-state index is 0.627. The summed E-state index contributed by atoms with van der Waals surface area (Å²) in [6, 6.07) is 10.7. The van der Waals surface area contributed by atoms with Gasteiger partial charge in [0.05, 0.1) is 0 Å². The molecule has 4 nitrogen and oxygen atoms in total. The summed E-state index contributed by atoms with van der Waals surface area (Å²) in [6.07, 6.45) is 5.75. The van der Waals surface area contributed by atoms with Crippen molar-refractivity contribution in [3.63, 3.8) is 0 Å². The zero-order valence-corrected chi connectivity index (χ0v) is 14.2. The van der Waals surface area contributed by atoms with E-state index in [4.69, 9.17) is 0 Å². The van der Waals surface area contributed by atoms with Crippen LogP contribution in [-0.4, -0.2) is 50.6 Å². The average Bonchev–Trinajstić information content (AvgIpc) is 3.49. The fraction of sp³-hybridized carbons (Fsp3) is 0.632. The van der Waals surface area contributed by atoms with Crippen LogP contribution >= 0.6 is 0 Å². The normalized spacial score (nSPS) is 23.8. The fourth-order valence-corrected chi connectivity index (χ4v) is 3.99. The second-order valence-corrected chi connectivity index (χ2v) is 7.35. The summed E-state index contributed by atoms with van der Waals surface area (Å²) in [5, 5.41) is 3.68. The van der Waals surface area contributed by atoms with Crippen molar-refractivity contribution in [1.29, 1.82) is 0 Å². The number of nitrogens with zero attached hydrogens (tertiary/aromatic N) is 3. The molecule has 3 fully saturated rings. The molecule has 1 aliphatic heterocycles. The van der Waals surface area contributed by atoms with Crippen LogP contribution in [0, 0.1) is 11.3 Å². The highest BCUT2D eigenvalue weighted by atomic mass is 15.3. The zero-order chi connectivity index (χ0) is 15.7. The second kappa shape index (κ2) is 6.06. The lowest BCUT2D eigenvalue weighted by atomic mass is 10.0. The van der Waals surface area contributed by atoms with Gasteiger partial charge in [0.15, 0.2) is 5.96 Å². The summed E-state index contributed by atoms with van der Waals surface area (Å²) in [6.45, 7) is 5.36. The molecule has 1 saturated heterocycles. The molecule has 0 aromatic heterocycles. The molecule has 1 aromatic rings. The summed E-state index contributed by atoms with van der Waals surface area (Å²) < 4.78 is 0. The number of anilines is 1. The third-order valence-corrected chi connectivity index (χ3v) is 5.85. The lowest BCUT2D eigenvalue weighted by Gasteiger charge is -2.38. The molecule has 2 aliphatic carbocycles. The molecule has 1 N–H and O–H groups in total. The van der Waals surface area contributed by atoms with Crippen molar-refractivity contribution >= 4 is 11.6 Å². The predicted molar refractivity (Wildman–Crippen MR) is 96.0 cm³/mol. The Balaban J connectivity index is 1.30. The number of aliphatic imine (C=N–C) groups is 1. The van der Waals surface area contributed by atoms with Gasteiger partial charge in [-0.3, -0.25) is 4.99 Å². The fourth-order valence-electron chi connectivity index (χ4n) is 3.99. The van der Waals surface area contributed by atoms with Crippen LogP contribution in [0.1, 0.15) is 25.7 Å². The number of rotatable bonds is 4. The maximum atomic E-state index is 4.53. The molecule has 2 saturated carbocycles. The van der Waals surface area contributed by atoms with Crippen molar-refractivity contribution < 1.29 is 0 Å². The van der Waals surface area contributed by atoms with Crippen LogP contribution < -0.4 is 10.2 Å². The summed E-state index contributed by atoms with van der Waals surface area (Å²) in [7, 11) is 1.92. The molecule has 4 heteroatoms. The summed E-state index contributed by atoms with van der Waals surface area (Å²) in [5.74, 6) is 2.10. The van der Waals surface area contributed by atoms with Crippen molar-refractivity contribution in [3.8, 4) is 0 Å². The third kappa shape index (κ3) is 3.17. The van der Waals surface area contributed by atoms with Crippen molar-refractivity contribution in [3.05, 3.63) is 30.3 Å². The molecular formula is C19H28N4. The Morgan fingerprint density at radius 1 is 1.13 bits per heavy atom. The smallest absolute Gasteiger partial charge is 0.193 e. The maximum absolute atomic E-state index is 4.53. The first kappa shape index (κ1) is 14.9. The van der Waals surface area contributed by atoms with Crippen LogP contribution in [0.4, 0.5) is 5.69 Å². The first-order valence-electron chi connectivity index (χ1n) is 9.06. The molecule has 4 rings (SSSR count). The molecule has 0 atom stereocenters. The Morgan fingerprint density at radius 3 is 2.39 bits per heavy atom. The molecule has 0 spiro atoms. The van der Waals surface area contributed by atoms with E-state index in [0.29, 0.717) is 5.41 Å². The lowest BCUT2D eigenvalue weighted by Crippen LogP contribution is -2.53. The number of benzene rings is 1. The SMILES string of the molecule is CN=C(NCC1(C2CC2)CC1)N1CCN(c2ccccc2)CC1. The van der Waals surface area contributed by atoms with Gasteiger partial charge in [-0.1, -0.05) is 18.2 Å². The van der Waals surface area contributed by atoms with Crippen LogP contribution in [0.25, 0.3) is 0 Å². The van der Waals surface area contributed by atoms with Gasteiger partial charge in [-0.15, -0.1) is 0 Å². The van der Waals surface area contributed by atoms with Gasteiger partial charge >= 0.3 is 0 Å². The molecule has 0 bridgehead atoms. The largest absolute Gasteiger partial charge is 0.368 e. The van der Waals surface area contributed by atoms with E-state index >= 15 is 0 Å². The van der Waals surface area contributed by atoms with Gasteiger partial charge in [-0.25, -0.2) is 0 Å². The van der Waals surface area contributed by atoms with E-state index in [-0.39, 0.29) is 0 Å². The summed E-state index contributed by atoms with van der Waals surface area (Å²) >= 11 is 0. The number of hydrogen-bond donors (Lipinski definition) is 1. The Kier molecular flexibility index (Phi) is 3.92. The van der Waals surface area contributed by atoms with Crippen LogP contribution in [0.2, 0.25) is 0 Å². The van der Waals surface area contributed by atoms with Gasteiger partial charge in [0.2, 0.25) is 0 Å². The van der Waals surface area contributed by atoms with Crippen molar-refractivity contribution in [2.45, 2.75) is 25.7 Å². The second-order valence-electron chi connectivity index (χ2n) is 7.35. The van der Waals surface area contributed by atoms with E-state index in [0.717, 1.165) is 44.6 Å². The van der Waals surface area contributed by atoms with E-state index in [1.54, 1.807) is 0 Å². The first-order valence-corrected chi connectivity index (χ1v) is 9.06. The number of para-hydroxylation sites is 1. The average molecular weight is 312 g/mol. The highest BCUT2D eigenvalue weighted by Gasteiger charge is 2.53. The number of hydrogen-bond acceptors (Lipinski definition) is 2. The van der Waals surface area contributed by atoms with Crippen molar-refractivity contribution in [1.82, 2.24) is 10.2 Å². The Labute approximate surface area is 139 Å². The zero-order valence-electron chi connectivity index (χ0n) is 14.2. The predicted octanol–water partition coefficient (Wildman–Crippen LogP) is 2.57. The molecule has 0 amide bonds. The minimum absolute atomic E-state index is 0.627. The monoisotopic (exact) mass is 312 g/mol. The van der Waals surface area contributed by atoms with E-state index < -0.39 is 0 Å². The molecule has 1 heterocycles. The van der Waals surface area contributed by atoms with Gasteiger partial charge < -0.3 is 15.1 Å². The highest BCUT2D eigenvalue weighted by Crippen LogP contribution is 2.60. The number of nitrogens with one attached hydrogen (secondary N) is 1. The third-order valence-electron chi connectivity index (χ3n) is 5.85. The van der Waals surface area contributed by atoms with Gasteiger partial charge in [0.25, 0.3) is 0 Å². The quantitative estimate of drug-likeness (QED) is 0.685. The molecule has 0 unspecified atom stereocenters. The van der Waals surface area contributed by atoms with Gasteiger partial charge in [0.1, 0.15) is 0 Å². The van der Waals surface area contributed by atoms with Crippen LogP contribution in [0.5, 0.6) is 0 Å². The maximum Gasteiger partial charge on any atom is 0.193 e. The van der Waals surface area contributed by atoms with E-state index in [1.807, 2.05) is 7.05 Å². The Hall–Kier alpha value is -1.71. The van der Waals surface area contributed by atoms with E-state index in [1.165, 1.54) is 31.4 Å². The van der Waals surface area contributed by atoms with Crippen molar-refractivity contribution in [2.75, 3.05) is 44.7 Å². The van der Waals surface area contributed by atoms with E-state index in [9.17, 15) is 0 Å². The molecule has 124 valence electrons. The minimum Gasteiger partial charge on any atom is -0.368 e. The van der Waals surface area contributed by atoms with Crippen LogP contribution in [-0.2, 0) is 0 Å². The van der Waals surface area contributed by atoms with Gasteiger partial charge in [-0.2, -0.15) is 0 Å². The van der Waals surface area contributed by atoms with Crippen molar-refractivity contribution in [2.24, 2.45) is 16.3 Å². The Morgan fingerprint density at radius 2 is 1.83 bits per heavy atom. The molecule has 23 heavy (non-hydrogen) atoms. The molecular weight excluding hydrogens is 284 g/mol. The molecule has 3 aliphatic rings. The number of piperazine rings is 1. The molecule has 1 aromatic carbocycles. The molecule has 0 radical (unpaired) electrons. The summed E-state index contributed by atoms with van der Waals surface area (Å²) in [5.41, 5.74) is 1.96. The van der Waals surface area contributed by atoms with Gasteiger partial charge in [-0.05, 0) is 49.1 Å². The first-order chi connectivity index (χ1) is 11.3. The Bertz CT molecular complexity index is 552. The van der Waals surface area contributed by atoms with Crippen LogP contribution in [0.15, 0.2) is 35.3 Å². The van der Waals surface area contributed by atoms with E-state index in [2.05, 4.69) is 50.4 Å². The van der Waals surface area contributed by atoms with Gasteiger partial charge in [0, 0.05) is 45.5 Å². The lowest BCUT2D eigenvalue weighted by molar-refractivity contribution is 0.359. The summed E-state index contributed by atoms with van der Waals surface area (Å²) in [4.78, 5) is 9.42. The topological polar surface area (TPSA) is 30.9 Å². The number of guanidine groups is 1.